The Morgan fingerprint density at radius 2 is 1.53 bits per heavy atom. The van der Waals surface area contributed by atoms with Gasteiger partial charge in [0.15, 0.2) is 0 Å². The first-order valence-electron chi connectivity index (χ1n) is 7.25. The lowest BCUT2D eigenvalue weighted by Crippen LogP contribution is -2.55. The van der Waals surface area contributed by atoms with Crippen LogP contribution in [0.1, 0.15) is 37.7 Å². The summed E-state index contributed by atoms with van der Waals surface area (Å²) in [4.78, 5) is 0. The van der Waals surface area contributed by atoms with E-state index < -0.39 is 17.2 Å². The summed E-state index contributed by atoms with van der Waals surface area (Å²) in [6.07, 6.45) is 5.16. The third kappa shape index (κ3) is 1.54. The molecular weight excluding hydrogens is 246 g/mol. The molecule has 0 aromatic heterocycles. The topological polar surface area (TPSA) is 20.2 Å². The number of halogens is 2. The van der Waals surface area contributed by atoms with Gasteiger partial charge >= 0.3 is 0 Å². The summed E-state index contributed by atoms with van der Waals surface area (Å²) < 4.78 is 27.5. The Kier molecular flexibility index (Phi) is 2.36. The molecule has 0 aliphatic heterocycles. The van der Waals surface area contributed by atoms with Crippen molar-refractivity contribution in [2.45, 2.75) is 37.7 Å². The Hall–Kier alpha value is -0.960. The van der Waals surface area contributed by atoms with E-state index in [1.54, 1.807) is 0 Å². The number of hydrogen-bond donors (Lipinski definition) is 1. The van der Waals surface area contributed by atoms with E-state index in [1.165, 1.54) is 12.5 Å². The maximum atomic E-state index is 14.1. The monoisotopic (exact) mass is 264 g/mol. The first-order chi connectivity index (χ1) is 9.07. The third-order valence-electron chi connectivity index (χ3n) is 5.74. The van der Waals surface area contributed by atoms with E-state index in [1.807, 2.05) is 0 Å². The molecule has 4 aliphatic rings. The van der Waals surface area contributed by atoms with Gasteiger partial charge in [0.2, 0.25) is 0 Å². The maximum absolute atomic E-state index is 14.1. The van der Waals surface area contributed by atoms with E-state index in [4.69, 9.17) is 0 Å². The van der Waals surface area contributed by atoms with E-state index in [0.29, 0.717) is 11.8 Å². The van der Waals surface area contributed by atoms with Crippen LogP contribution in [0.5, 0.6) is 0 Å². The fraction of sp³-hybridized carbons (Fsp3) is 0.625. The van der Waals surface area contributed by atoms with Gasteiger partial charge in [-0.05, 0) is 74.0 Å². The van der Waals surface area contributed by atoms with Crippen LogP contribution >= 0.6 is 0 Å². The van der Waals surface area contributed by atoms with Crippen LogP contribution in [0, 0.1) is 35.3 Å². The Balaban J connectivity index is 1.82. The first kappa shape index (κ1) is 11.8. The predicted molar refractivity (Wildman–Crippen MR) is 67.3 cm³/mol. The smallest absolute Gasteiger partial charge is 0.129 e. The van der Waals surface area contributed by atoms with Crippen LogP contribution in [-0.4, -0.2) is 5.11 Å². The fourth-order valence-electron chi connectivity index (χ4n) is 5.15. The van der Waals surface area contributed by atoms with Gasteiger partial charge in [-0.1, -0.05) is 0 Å². The van der Waals surface area contributed by atoms with E-state index in [-0.39, 0.29) is 17.4 Å². The molecule has 1 aromatic rings. The molecule has 4 fully saturated rings. The Bertz CT molecular complexity index is 497. The van der Waals surface area contributed by atoms with E-state index in [0.717, 1.165) is 37.8 Å². The van der Waals surface area contributed by atoms with Gasteiger partial charge in [0.25, 0.3) is 0 Å². The molecule has 19 heavy (non-hydrogen) atoms. The van der Waals surface area contributed by atoms with E-state index in [2.05, 4.69) is 0 Å². The molecule has 3 heteroatoms. The molecule has 4 bridgehead atoms. The third-order valence-corrected chi connectivity index (χ3v) is 5.74. The quantitative estimate of drug-likeness (QED) is 0.821. The Labute approximate surface area is 111 Å². The van der Waals surface area contributed by atoms with Crippen molar-refractivity contribution in [1.29, 1.82) is 0 Å². The second-order valence-electron chi connectivity index (χ2n) is 6.75. The SMILES string of the molecule is OC1(c2cc(F)ccc2F)C2CC3CC(C2)CC1C3. The summed E-state index contributed by atoms with van der Waals surface area (Å²) in [5.74, 6) is 0.689. The van der Waals surface area contributed by atoms with Crippen LogP contribution in [0.2, 0.25) is 0 Å². The van der Waals surface area contributed by atoms with Crippen molar-refractivity contribution in [3.05, 3.63) is 35.4 Å². The standard InChI is InChI=1S/C16H18F2O/c17-13-1-2-15(18)14(8-13)16(19)11-4-9-3-10(6-11)7-12(16)5-9/h1-2,8-12,19H,3-7H2. The number of aliphatic hydroxyl groups is 1. The van der Waals surface area contributed by atoms with Crippen LogP contribution in [0.3, 0.4) is 0 Å². The molecule has 1 aromatic carbocycles. The molecule has 0 saturated heterocycles. The van der Waals surface area contributed by atoms with Crippen LogP contribution in [0.15, 0.2) is 18.2 Å². The molecule has 0 unspecified atom stereocenters. The molecule has 0 spiro atoms. The summed E-state index contributed by atoms with van der Waals surface area (Å²) in [6.45, 7) is 0. The zero-order valence-electron chi connectivity index (χ0n) is 10.8. The lowest BCUT2D eigenvalue weighted by atomic mass is 9.48. The second kappa shape index (κ2) is 3.78. The van der Waals surface area contributed by atoms with Crippen LogP contribution in [0.4, 0.5) is 8.78 Å². The first-order valence-corrected chi connectivity index (χ1v) is 7.25. The summed E-state index contributed by atoms with van der Waals surface area (Å²) >= 11 is 0. The van der Waals surface area contributed by atoms with Gasteiger partial charge in [-0.3, -0.25) is 0 Å². The minimum Gasteiger partial charge on any atom is -0.384 e. The number of hydrogen-bond acceptors (Lipinski definition) is 1. The van der Waals surface area contributed by atoms with Crippen molar-refractivity contribution >= 4 is 0 Å². The molecule has 4 aliphatic carbocycles. The highest BCUT2D eigenvalue weighted by Crippen LogP contribution is 2.61. The average Bonchev–Trinajstić information content (AvgIpc) is 2.38. The molecule has 1 N–H and O–H groups in total. The van der Waals surface area contributed by atoms with Crippen LogP contribution in [-0.2, 0) is 5.60 Å². The molecule has 4 saturated carbocycles. The lowest BCUT2D eigenvalue weighted by molar-refractivity contribution is -0.181. The zero-order chi connectivity index (χ0) is 13.2. The van der Waals surface area contributed by atoms with Gasteiger partial charge in [0, 0.05) is 5.56 Å². The van der Waals surface area contributed by atoms with Crippen molar-refractivity contribution < 1.29 is 13.9 Å². The van der Waals surface area contributed by atoms with Gasteiger partial charge in [-0.2, -0.15) is 0 Å². The largest absolute Gasteiger partial charge is 0.384 e. The van der Waals surface area contributed by atoms with Gasteiger partial charge in [0.1, 0.15) is 11.6 Å². The molecule has 0 amide bonds. The van der Waals surface area contributed by atoms with Crippen molar-refractivity contribution in [2.75, 3.05) is 0 Å². The minimum absolute atomic E-state index is 0.111. The van der Waals surface area contributed by atoms with Crippen LogP contribution in [0.25, 0.3) is 0 Å². The summed E-state index contributed by atoms with van der Waals surface area (Å²) in [7, 11) is 0. The maximum Gasteiger partial charge on any atom is 0.129 e. The molecule has 102 valence electrons. The minimum atomic E-state index is -1.14. The van der Waals surface area contributed by atoms with Crippen LogP contribution < -0.4 is 0 Å². The van der Waals surface area contributed by atoms with E-state index >= 15 is 0 Å². The Morgan fingerprint density at radius 3 is 2.11 bits per heavy atom. The number of rotatable bonds is 1. The zero-order valence-corrected chi connectivity index (χ0v) is 10.8. The molecular formula is C16H18F2O. The second-order valence-corrected chi connectivity index (χ2v) is 6.75. The van der Waals surface area contributed by atoms with Gasteiger partial charge in [0.05, 0.1) is 5.60 Å². The lowest BCUT2D eigenvalue weighted by Gasteiger charge is -2.59. The summed E-state index contributed by atoms with van der Waals surface area (Å²) in [6, 6.07) is 3.48. The molecule has 1 nitrogen and oxygen atoms in total. The van der Waals surface area contributed by atoms with Gasteiger partial charge in [-0.25, -0.2) is 8.78 Å². The van der Waals surface area contributed by atoms with Crippen molar-refractivity contribution in [1.82, 2.24) is 0 Å². The Morgan fingerprint density at radius 1 is 0.947 bits per heavy atom. The fourth-order valence-corrected chi connectivity index (χ4v) is 5.15. The molecule has 0 heterocycles. The molecule has 0 radical (unpaired) electrons. The summed E-state index contributed by atoms with van der Waals surface area (Å²) in [5.41, 5.74) is -0.944. The molecule has 5 rings (SSSR count). The van der Waals surface area contributed by atoms with Gasteiger partial charge < -0.3 is 5.11 Å². The van der Waals surface area contributed by atoms with Gasteiger partial charge in [-0.15, -0.1) is 0 Å². The van der Waals surface area contributed by atoms with E-state index in [9.17, 15) is 13.9 Å². The van der Waals surface area contributed by atoms with Crippen molar-refractivity contribution in [2.24, 2.45) is 23.7 Å². The van der Waals surface area contributed by atoms with Crippen molar-refractivity contribution in [3.63, 3.8) is 0 Å². The predicted octanol–water partition coefficient (Wildman–Crippen LogP) is 3.61. The highest BCUT2D eigenvalue weighted by Gasteiger charge is 2.58. The number of benzene rings is 1. The van der Waals surface area contributed by atoms with Crippen molar-refractivity contribution in [3.8, 4) is 0 Å². The average molecular weight is 264 g/mol. The normalized spacial score (nSPS) is 43.7. The molecule has 0 atom stereocenters. The highest BCUT2D eigenvalue weighted by molar-refractivity contribution is 5.29. The summed E-state index contributed by atoms with van der Waals surface area (Å²) in [5, 5.41) is 11.2. The highest BCUT2D eigenvalue weighted by atomic mass is 19.1.